The number of hydrogen-bond acceptors (Lipinski definition) is 6. The van der Waals surface area contributed by atoms with Gasteiger partial charge >= 0.3 is 0 Å². The van der Waals surface area contributed by atoms with Crippen LogP contribution in [0.2, 0.25) is 0 Å². The van der Waals surface area contributed by atoms with E-state index in [9.17, 15) is 15.2 Å². The molecule has 0 aromatic carbocycles. The zero-order valence-corrected chi connectivity index (χ0v) is 11.6. The molecule has 1 heterocycles. The summed E-state index contributed by atoms with van der Waals surface area (Å²) in [5, 5.41) is 32.2. The Labute approximate surface area is 117 Å². The molecule has 0 unspecified atom stereocenters. The van der Waals surface area contributed by atoms with E-state index < -0.39 is 4.92 Å². The summed E-state index contributed by atoms with van der Waals surface area (Å²) in [5.74, 6) is 0.304. The molecule has 0 radical (unpaired) electrons. The lowest BCUT2D eigenvalue weighted by Gasteiger charge is -2.29. The van der Waals surface area contributed by atoms with E-state index in [4.69, 9.17) is 5.26 Å². The molecule has 0 saturated heterocycles. The highest BCUT2D eigenvalue weighted by Gasteiger charge is 2.25. The third-order valence-electron chi connectivity index (χ3n) is 3.67. The third kappa shape index (κ3) is 3.42. The number of aromatic nitrogens is 1. The molecule has 0 aliphatic heterocycles. The summed E-state index contributed by atoms with van der Waals surface area (Å²) in [6.45, 7) is 4.45. The third-order valence-corrected chi connectivity index (χ3v) is 3.67. The topological polar surface area (TPSA) is 112 Å². The maximum absolute atomic E-state index is 10.6. The van der Waals surface area contributed by atoms with Crippen molar-refractivity contribution < 1.29 is 10.0 Å². The molecule has 0 spiro atoms. The van der Waals surface area contributed by atoms with Crippen LogP contribution >= 0.6 is 0 Å². The van der Waals surface area contributed by atoms with Crippen LogP contribution in [-0.4, -0.2) is 28.2 Å². The second kappa shape index (κ2) is 6.82. The molecule has 1 rings (SSSR count). The van der Waals surface area contributed by atoms with E-state index in [2.05, 4.69) is 10.3 Å². The van der Waals surface area contributed by atoms with Gasteiger partial charge in [0.1, 0.15) is 23.6 Å². The van der Waals surface area contributed by atoms with Gasteiger partial charge in [-0.05, 0) is 12.8 Å². The Hall–Kier alpha value is -2.20. The first-order valence-electron chi connectivity index (χ1n) is 6.41. The number of anilines is 1. The summed E-state index contributed by atoms with van der Waals surface area (Å²) in [6, 6.07) is 3.08. The summed E-state index contributed by atoms with van der Waals surface area (Å²) in [5.41, 5.74) is -0.374. The van der Waals surface area contributed by atoms with Crippen LogP contribution in [0, 0.1) is 26.9 Å². The van der Waals surface area contributed by atoms with Gasteiger partial charge in [-0.2, -0.15) is 5.26 Å². The van der Waals surface area contributed by atoms with Crippen molar-refractivity contribution in [2.45, 2.75) is 26.7 Å². The number of nitriles is 1. The lowest BCUT2D eigenvalue weighted by Crippen LogP contribution is -2.32. The first kappa shape index (κ1) is 15.9. The second-order valence-corrected chi connectivity index (χ2v) is 4.68. The summed E-state index contributed by atoms with van der Waals surface area (Å²) in [6.07, 6.45) is 2.67. The Morgan fingerprint density at radius 1 is 1.55 bits per heavy atom. The van der Waals surface area contributed by atoms with Crippen LogP contribution in [0.4, 0.5) is 11.5 Å². The minimum absolute atomic E-state index is 0.0296. The van der Waals surface area contributed by atoms with Crippen LogP contribution in [0.3, 0.4) is 0 Å². The van der Waals surface area contributed by atoms with E-state index in [-0.39, 0.29) is 23.3 Å². The Balaban J connectivity index is 2.93. The lowest BCUT2D eigenvalue weighted by molar-refractivity contribution is -0.385. The Kier molecular flexibility index (Phi) is 5.41. The Morgan fingerprint density at radius 3 is 2.65 bits per heavy atom. The fourth-order valence-electron chi connectivity index (χ4n) is 1.83. The molecule has 1 aromatic rings. The van der Waals surface area contributed by atoms with Crippen molar-refractivity contribution in [3.63, 3.8) is 0 Å². The molecule has 0 bridgehead atoms. The number of nitrogens with zero attached hydrogens (tertiary/aromatic N) is 3. The molecule has 1 aromatic heterocycles. The van der Waals surface area contributed by atoms with Crippen molar-refractivity contribution in [1.29, 1.82) is 5.26 Å². The van der Waals surface area contributed by atoms with Crippen molar-refractivity contribution in [2.24, 2.45) is 5.41 Å². The number of hydrogen-bond donors (Lipinski definition) is 2. The van der Waals surface area contributed by atoms with Crippen molar-refractivity contribution in [1.82, 2.24) is 4.98 Å². The molecule has 0 amide bonds. The fraction of sp³-hybridized carbons (Fsp3) is 0.538. The SMILES string of the molecule is CCC(CC)(CO)CNc1ncc([N+](=O)[O-])cc1C#N. The van der Waals surface area contributed by atoms with Crippen LogP contribution in [0.1, 0.15) is 32.3 Å². The predicted molar refractivity (Wildman–Crippen MR) is 74.2 cm³/mol. The van der Waals surface area contributed by atoms with Crippen LogP contribution in [0.5, 0.6) is 0 Å². The molecule has 0 atom stereocenters. The maximum Gasteiger partial charge on any atom is 0.289 e. The van der Waals surface area contributed by atoms with E-state index in [1.807, 2.05) is 19.9 Å². The van der Waals surface area contributed by atoms with Gasteiger partial charge in [0, 0.05) is 18.0 Å². The highest BCUT2D eigenvalue weighted by molar-refractivity contribution is 5.55. The van der Waals surface area contributed by atoms with Gasteiger partial charge in [-0.15, -0.1) is 0 Å². The normalized spacial score (nSPS) is 10.9. The molecule has 0 fully saturated rings. The van der Waals surface area contributed by atoms with Gasteiger partial charge in [-0.3, -0.25) is 10.1 Å². The average Bonchev–Trinajstić information content (AvgIpc) is 2.49. The Morgan fingerprint density at radius 2 is 2.20 bits per heavy atom. The number of aliphatic hydroxyl groups is 1. The zero-order valence-electron chi connectivity index (χ0n) is 11.6. The number of rotatable bonds is 7. The van der Waals surface area contributed by atoms with Gasteiger partial charge in [-0.25, -0.2) is 4.98 Å². The average molecular weight is 278 g/mol. The minimum Gasteiger partial charge on any atom is -0.396 e. The second-order valence-electron chi connectivity index (χ2n) is 4.68. The smallest absolute Gasteiger partial charge is 0.289 e. The molecule has 0 aliphatic rings. The standard InChI is InChI=1S/C13H18N4O3/c1-3-13(4-2,9-18)8-16-12-10(6-14)5-11(7-15-12)17(19)20/h5,7,18H,3-4,8-9H2,1-2H3,(H,15,16). The molecular formula is C13H18N4O3. The van der Waals surface area contributed by atoms with Crippen molar-refractivity contribution in [3.05, 3.63) is 27.9 Å². The van der Waals surface area contributed by atoms with Crippen LogP contribution < -0.4 is 5.32 Å². The first-order chi connectivity index (χ1) is 9.51. The highest BCUT2D eigenvalue weighted by atomic mass is 16.6. The largest absolute Gasteiger partial charge is 0.396 e. The molecule has 20 heavy (non-hydrogen) atoms. The van der Waals surface area contributed by atoms with E-state index in [0.717, 1.165) is 19.0 Å². The van der Waals surface area contributed by atoms with E-state index >= 15 is 0 Å². The highest BCUT2D eigenvalue weighted by Crippen LogP contribution is 2.27. The van der Waals surface area contributed by atoms with Gasteiger partial charge in [0.2, 0.25) is 0 Å². The molecule has 7 heteroatoms. The monoisotopic (exact) mass is 278 g/mol. The van der Waals surface area contributed by atoms with Gasteiger partial charge in [-0.1, -0.05) is 13.8 Å². The summed E-state index contributed by atoms with van der Waals surface area (Å²) in [4.78, 5) is 14.0. The Bertz CT molecular complexity index is 513. The van der Waals surface area contributed by atoms with Gasteiger partial charge in [0.05, 0.1) is 11.5 Å². The van der Waals surface area contributed by atoms with Crippen LogP contribution in [-0.2, 0) is 0 Å². The maximum atomic E-state index is 10.6. The molecule has 7 nitrogen and oxygen atoms in total. The van der Waals surface area contributed by atoms with Crippen LogP contribution in [0.15, 0.2) is 12.3 Å². The molecule has 2 N–H and O–H groups in total. The summed E-state index contributed by atoms with van der Waals surface area (Å²) >= 11 is 0. The lowest BCUT2D eigenvalue weighted by atomic mass is 9.83. The molecule has 0 aliphatic carbocycles. The quantitative estimate of drug-likeness (QED) is 0.583. The zero-order chi connectivity index (χ0) is 15.2. The number of nitrogens with one attached hydrogen (secondary N) is 1. The molecule has 108 valence electrons. The van der Waals surface area contributed by atoms with Gasteiger partial charge < -0.3 is 10.4 Å². The van der Waals surface area contributed by atoms with E-state index in [1.165, 1.54) is 6.07 Å². The van der Waals surface area contributed by atoms with E-state index in [1.54, 1.807) is 0 Å². The summed E-state index contributed by atoms with van der Waals surface area (Å²) < 4.78 is 0. The van der Waals surface area contributed by atoms with Crippen molar-refractivity contribution in [2.75, 3.05) is 18.5 Å². The fourth-order valence-corrected chi connectivity index (χ4v) is 1.83. The minimum atomic E-state index is -0.590. The number of aliphatic hydroxyl groups excluding tert-OH is 1. The van der Waals surface area contributed by atoms with Crippen molar-refractivity contribution >= 4 is 11.5 Å². The van der Waals surface area contributed by atoms with Gasteiger partial charge in [0.15, 0.2) is 0 Å². The number of nitro groups is 1. The summed E-state index contributed by atoms with van der Waals surface area (Å²) in [7, 11) is 0. The predicted octanol–water partition coefficient (Wildman–Crippen LogP) is 2.07. The number of pyridine rings is 1. The van der Waals surface area contributed by atoms with E-state index in [0.29, 0.717) is 12.4 Å². The van der Waals surface area contributed by atoms with Crippen LogP contribution in [0.25, 0.3) is 0 Å². The molecular weight excluding hydrogens is 260 g/mol. The first-order valence-corrected chi connectivity index (χ1v) is 6.41. The molecule has 0 saturated carbocycles. The van der Waals surface area contributed by atoms with Gasteiger partial charge in [0.25, 0.3) is 5.69 Å². The van der Waals surface area contributed by atoms with Crippen molar-refractivity contribution in [3.8, 4) is 6.07 Å².